The van der Waals surface area contributed by atoms with Crippen LogP contribution in [0.5, 0.6) is 0 Å². The average Bonchev–Trinajstić information content (AvgIpc) is 2.47. The Morgan fingerprint density at radius 2 is 2.05 bits per heavy atom. The zero-order valence-corrected chi connectivity index (χ0v) is 12.8. The Morgan fingerprint density at radius 1 is 1.30 bits per heavy atom. The van der Waals surface area contributed by atoms with Gasteiger partial charge >= 0.3 is 0 Å². The second-order valence-corrected chi connectivity index (χ2v) is 6.21. The van der Waals surface area contributed by atoms with Crippen LogP contribution in [-0.4, -0.2) is 23.3 Å². The van der Waals surface area contributed by atoms with Gasteiger partial charge in [-0.2, -0.15) is 0 Å². The number of fused-ring (bicyclic) bond motifs is 1. The molecular weight excluding hydrogens is 318 g/mol. The number of hydrogen-bond acceptors (Lipinski definition) is 3. The number of benzene rings is 1. The van der Waals surface area contributed by atoms with Crippen LogP contribution in [0.15, 0.2) is 34.8 Å². The molecule has 0 aliphatic carbocycles. The monoisotopic (exact) mass is 335 g/mol. The molecule has 1 aliphatic rings. The van der Waals surface area contributed by atoms with E-state index in [0.29, 0.717) is 5.92 Å². The van der Waals surface area contributed by atoms with Crippen LogP contribution in [0.2, 0.25) is 0 Å². The molecule has 4 heteroatoms. The molecule has 20 heavy (non-hydrogen) atoms. The molecule has 1 fully saturated rings. The summed E-state index contributed by atoms with van der Waals surface area (Å²) in [7, 11) is 0. The molecule has 0 amide bonds. The lowest BCUT2D eigenvalue weighted by Gasteiger charge is -2.24. The Morgan fingerprint density at radius 3 is 2.85 bits per heavy atom. The van der Waals surface area contributed by atoms with Crippen molar-refractivity contribution < 1.29 is 9.84 Å². The van der Waals surface area contributed by atoms with Crippen LogP contribution < -0.4 is 0 Å². The van der Waals surface area contributed by atoms with E-state index in [4.69, 9.17) is 4.74 Å². The van der Waals surface area contributed by atoms with Gasteiger partial charge in [0.05, 0.1) is 17.3 Å². The summed E-state index contributed by atoms with van der Waals surface area (Å²) in [5, 5.41) is 11.6. The number of halogens is 1. The number of aromatic nitrogens is 1. The number of nitrogens with zero attached hydrogens (tertiary/aromatic N) is 1. The largest absolute Gasteiger partial charge is 0.387 e. The third-order valence-electron chi connectivity index (χ3n) is 3.92. The fourth-order valence-corrected chi connectivity index (χ4v) is 3.35. The number of aliphatic hydroxyl groups excluding tert-OH is 1. The Hall–Kier alpha value is -0.970. The number of hydrogen-bond donors (Lipinski definition) is 1. The molecule has 2 aromatic rings. The molecule has 3 rings (SSSR count). The first kappa shape index (κ1) is 14.0. The molecule has 1 unspecified atom stereocenters. The summed E-state index contributed by atoms with van der Waals surface area (Å²) in [5.74, 6) is 0.527. The number of para-hydroxylation sites is 1. The van der Waals surface area contributed by atoms with E-state index in [1.165, 1.54) is 0 Å². The lowest BCUT2D eigenvalue weighted by molar-refractivity contribution is 0.0426. The van der Waals surface area contributed by atoms with Gasteiger partial charge in [-0.05, 0) is 53.2 Å². The van der Waals surface area contributed by atoms with Crippen LogP contribution >= 0.6 is 15.9 Å². The molecule has 0 bridgehead atoms. The van der Waals surface area contributed by atoms with Gasteiger partial charge in [-0.1, -0.05) is 18.2 Å². The smallest absolute Gasteiger partial charge is 0.0974 e. The maximum atomic E-state index is 10.5. The number of aliphatic hydroxyl groups is 1. The van der Waals surface area contributed by atoms with Crippen LogP contribution in [0.25, 0.3) is 10.9 Å². The van der Waals surface area contributed by atoms with Crippen molar-refractivity contribution in [1.29, 1.82) is 0 Å². The molecule has 1 aromatic heterocycles. The van der Waals surface area contributed by atoms with Crippen LogP contribution in [0.4, 0.5) is 0 Å². The summed E-state index contributed by atoms with van der Waals surface area (Å²) >= 11 is 3.54. The van der Waals surface area contributed by atoms with Crippen molar-refractivity contribution in [3.8, 4) is 0 Å². The van der Waals surface area contributed by atoms with Gasteiger partial charge in [-0.25, -0.2) is 4.98 Å². The van der Waals surface area contributed by atoms with Crippen LogP contribution in [0.3, 0.4) is 0 Å². The zero-order chi connectivity index (χ0) is 13.9. The summed E-state index contributed by atoms with van der Waals surface area (Å²) in [5.41, 5.74) is 1.67. The fourth-order valence-electron chi connectivity index (χ4n) is 2.75. The average molecular weight is 336 g/mol. The molecule has 2 heterocycles. The normalized spacial score (nSPS) is 18.3. The third kappa shape index (κ3) is 3.03. The summed E-state index contributed by atoms with van der Waals surface area (Å²) in [6.07, 6.45) is 2.30. The minimum absolute atomic E-state index is 0.517. The van der Waals surface area contributed by atoms with Gasteiger partial charge in [0.15, 0.2) is 0 Å². The second kappa shape index (κ2) is 6.20. The van der Waals surface area contributed by atoms with Crippen molar-refractivity contribution in [3.05, 3.63) is 40.5 Å². The van der Waals surface area contributed by atoms with E-state index in [0.717, 1.165) is 53.5 Å². The summed E-state index contributed by atoms with van der Waals surface area (Å²) < 4.78 is 6.25. The van der Waals surface area contributed by atoms with Crippen molar-refractivity contribution in [1.82, 2.24) is 4.98 Å². The van der Waals surface area contributed by atoms with E-state index in [1.807, 2.05) is 30.3 Å². The Kier molecular flexibility index (Phi) is 4.34. The van der Waals surface area contributed by atoms with Gasteiger partial charge in [-0.15, -0.1) is 0 Å². The van der Waals surface area contributed by atoms with Crippen LogP contribution in [-0.2, 0) is 4.74 Å². The third-order valence-corrected chi connectivity index (χ3v) is 4.55. The van der Waals surface area contributed by atoms with Gasteiger partial charge in [0, 0.05) is 23.1 Å². The molecular formula is C16H18BrNO2. The highest BCUT2D eigenvalue weighted by Gasteiger charge is 2.21. The minimum atomic E-state index is -0.517. The summed E-state index contributed by atoms with van der Waals surface area (Å²) in [6.45, 7) is 1.62. The van der Waals surface area contributed by atoms with Gasteiger partial charge in [0.1, 0.15) is 0 Å². The molecule has 1 atom stereocenters. The quantitative estimate of drug-likeness (QED) is 0.926. The van der Waals surface area contributed by atoms with Gasteiger partial charge in [0.25, 0.3) is 0 Å². The van der Waals surface area contributed by atoms with E-state index in [9.17, 15) is 5.11 Å². The Labute approximate surface area is 127 Å². The number of rotatable bonds is 3. The van der Waals surface area contributed by atoms with Crippen LogP contribution in [0, 0.1) is 5.92 Å². The van der Waals surface area contributed by atoms with Gasteiger partial charge < -0.3 is 9.84 Å². The molecule has 1 aliphatic heterocycles. The lowest BCUT2D eigenvalue weighted by atomic mass is 9.92. The summed E-state index contributed by atoms with van der Waals surface area (Å²) in [4.78, 5) is 4.61. The molecule has 1 N–H and O–H groups in total. The van der Waals surface area contributed by atoms with E-state index in [-0.39, 0.29) is 0 Å². The molecule has 3 nitrogen and oxygen atoms in total. The maximum Gasteiger partial charge on any atom is 0.0974 e. The maximum absolute atomic E-state index is 10.5. The predicted octanol–water partition coefficient (Wildman–Crippen LogP) is 3.85. The van der Waals surface area contributed by atoms with E-state index >= 15 is 0 Å². The van der Waals surface area contributed by atoms with E-state index in [1.54, 1.807) is 0 Å². The highest BCUT2D eigenvalue weighted by atomic mass is 79.9. The standard InChI is InChI=1S/C16H18BrNO2/c17-13-10-12-3-1-2-4-14(12)18-16(13)15(19)9-11-5-7-20-8-6-11/h1-4,10-11,15,19H,5-9H2. The first-order valence-electron chi connectivity index (χ1n) is 7.05. The SMILES string of the molecule is OC(CC1CCOCC1)c1nc2ccccc2cc1Br. The number of ether oxygens (including phenoxy) is 1. The van der Waals surface area contributed by atoms with E-state index in [2.05, 4.69) is 20.9 Å². The van der Waals surface area contributed by atoms with Crippen molar-refractivity contribution in [2.45, 2.75) is 25.4 Å². The Bertz CT molecular complexity index is 596. The highest BCUT2D eigenvalue weighted by Crippen LogP contribution is 2.32. The van der Waals surface area contributed by atoms with Gasteiger partial charge in [-0.3, -0.25) is 0 Å². The topological polar surface area (TPSA) is 42.4 Å². The van der Waals surface area contributed by atoms with E-state index < -0.39 is 6.10 Å². The number of pyridine rings is 1. The second-order valence-electron chi connectivity index (χ2n) is 5.36. The molecule has 0 spiro atoms. The first-order valence-corrected chi connectivity index (χ1v) is 7.84. The molecule has 0 radical (unpaired) electrons. The van der Waals surface area contributed by atoms with Gasteiger partial charge in [0.2, 0.25) is 0 Å². The fraction of sp³-hybridized carbons (Fsp3) is 0.438. The Balaban J connectivity index is 1.82. The summed E-state index contributed by atoms with van der Waals surface area (Å²) in [6, 6.07) is 10.0. The van der Waals surface area contributed by atoms with Crippen LogP contribution in [0.1, 0.15) is 31.1 Å². The lowest BCUT2D eigenvalue weighted by Crippen LogP contribution is -2.18. The molecule has 1 aromatic carbocycles. The predicted molar refractivity (Wildman–Crippen MR) is 82.6 cm³/mol. The van der Waals surface area contributed by atoms with Crippen molar-refractivity contribution in [2.24, 2.45) is 5.92 Å². The zero-order valence-electron chi connectivity index (χ0n) is 11.3. The molecule has 1 saturated heterocycles. The highest BCUT2D eigenvalue weighted by molar-refractivity contribution is 9.10. The van der Waals surface area contributed by atoms with Crippen molar-refractivity contribution in [3.63, 3.8) is 0 Å². The molecule has 0 saturated carbocycles. The molecule has 106 valence electrons. The first-order chi connectivity index (χ1) is 9.74. The van der Waals surface area contributed by atoms with Crippen molar-refractivity contribution in [2.75, 3.05) is 13.2 Å². The van der Waals surface area contributed by atoms with Crippen molar-refractivity contribution >= 4 is 26.8 Å². The minimum Gasteiger partial charge on any atom is -0.387 e.